The van der Waals surface area contributed by atoms with Crippen LogP contribution in [0.4, 0.5) is 4.79 Å². The Kier molecular flexibility index (Phi) is 5.89. The summed E-state index contributed by atoms with van der Waals surface area (Å²) in [4.78, 5) is 11.9. The number of carbonyl (C=O) groups is 1. The van der Waals surface area contributed by atoms with E-state index in [2.05, 4.69) is 45.6 Å². The maximum Gasteiger partial charge on any atom is 0.315 e. The molecule has 1 fully saturated rings. The van der Waals surface area contributed by atoms with Crippen molar-refractivity contribution in [3.8, 4) is 0 Å². The van der Waals surface area contributed by atoms with E-state index in [4.69, 9.17) is 0 Å². The predicted octanol–water partition coefficient (Wildman–Crippen LogP) is 3.87. The van der Waals surface area contributed by atoms with Crippen LogP contribution in [-0.4, -0.2) is 18.6 Å². The molecule has 20 heavy (non-hydrogen) atoms. The van der Waals surface area contributed by atoms with Gasteiger partial charge in [-0.05, 0) is 42.9 Å². The lowest BCUT2D eigenvalue weighted by Gasteiger charge is -2.29. The normalized spacial score (nSPS) is 22.3. The average molecular weight is 339 g/mol. The molecule has 0 aliphatic heterocycles. The van der Waals surface area contributed by atoms with E-state index in [-0.39, 0.29) is 6.03 Å². The lowest BCUT2D eigenvalue weighted by Crippen LogP contribution is -2.46. The first-order valence-electron chi connectivity index (χ1n) is 7.44. The van der Waals surface area contributed by atoms with Gasteiger partial charge in [-0.15, -0.1) is 0 Å². The highest BCUT2D eigenvalue weighted by Gasteiger charge is 2.22. The smallest absolute Gasteiger partial charge is 0.315 e. The van der Waals surface area contributed by atoms with Crippen LogP contribution in [-0.2, 0) is 6.42 Å². The molecule has 2 N–H and O–H groups in total. The number of rotatable bonds is 4. The predicted molar refractivity (Wildman–Crippen MR) is 85.8 cm³/mol. The van der Waals surface area contributed by atoms with Gasteiger partial charge in [0.15, 0.2) is 0 Å². The van der Waals surface area contributed by atoms with Gasteiger partial charge in [-0.1, -0.05) is 47.8 Å². The Labute approximate surface area is 129 Å². The lowest BCUT2D eigenvalue weighted by atomic mass is 9.86. The van der Waals surface area contributed by atoms with Crippen LogP contribution < -0.4 is 10.6 Å². The third-order valence-corrected chi connectivity index (χ3v) is 4.51. The fourth-order valence-electron chi connectivity index (χ4n) is 2.76. The topological polar surface area (TPSA) is 41.1 Å². The van der Waals surface area contributed by atoms with Crippen LogP contribution in [0.15, 0.2) is 28.7 Å². The second-order valence-corrected chi connectivity index (χ2v) is 6.56. The fourth-order valence-corrected chi connectivity index (χ4v) is 3.21. The fraction of sp³-hybridized carbons (Fsp3) is 0.562. The minimum Gasteiger partial charge on any atom is -0.338 e. The largest absolute Gasteiger partial charge is 0.338 e. The Bertz CT molecular complexity index is 450. The standard InChI is InChI=1S/C16H23BrN2O/c1-12-5-2-3-8-15(12)19-16(20)18-10-9-13-6-4-7-14(17)11-13/h4,6-7,11-12,15H,2-3,5,8-10H2,1H3,(H2,18,19,20). The number of amides is 2. The first-order chi connectivity index (χ1) is 9.65. The van der Waals surface area contributed by atoms with Gasteiger partial charge in [-0.3, -0.25) is 0 Å². The quantitative estimate of drug-likeness (QED) is 0.859. The van der Waals surface area contributed by atoms with E-state index in [0.29, 0.717) is 18.5 Å². The number of halogens is 1. The van der Waals surface area contributed by atoms with Gasteiger partial charge in [0, 0.05) is 17.1 Å². The molecule has 0 saturated heterocycles. The summed E-state index contributed by atoms with van der Waals surface area (Å²) < 4.78 is 1.08. The third-order valence-electron chi connectivity index (χ3n) is 4.02. The molecule has 0 radical (unpaired) electrons. The van der Waals surface area contributed by atoms with E-state index < -0.39 is 0 Å². The number of nitrogens with one attached hydrogen (secondary N) is 2. The SMILES string of the molecule is CC1CCCCC1NC(=O)NCCc1cccc(Br)c1. The number of urea groups is 1. The van der Waals surface area contributed by atoms with Crippen molar-refractivity contribution >= 4 is 22.0 Å². The molecular weight excluding hydrogens is 316 g/mol. The van der Waals surface area contributed by atoms with Crippen LogP contribution in [0.2, 0.25) is 0 Å². The van der Waals surface area contributed by atoms with E-state index in [1.165, 1.54) is 24.8 Å². The molecule has 4 heteroatoms. The molecule has 110 valence electrons. The summed E-state index contributed by atoms with van der Waals surface area (Å²) in [5.41, 5.74) is 1.23. The van der Waals surface area contributed by atoms with Crippen LogP contribution in [0, 0.1) is 5.92 Å². The molecule has 2 rings (SSSR count). The molecule has 0 heterocycles. The van der Waals surface area contributed by atoms with Gasteiger partial charge in [0.1, 0.15) is 0 Å². The van der Waals surface area contributed by atoms with E-state index >= 15 is 0 Å². The highest BCUT2D eigenvalue weighted by Crippen LogP contribution is 2.23. The molecule has 1 saturated carbocycles. The molecule has 0 bridgehead atoms. The lowest BCUT2D eigenvalue weighted by molar-refractivity contribution is 0.222. The molecule has 0 spiro atoms. The van der Waals surface area contributed by atoms with Gasteiger partial charge in [0.05, 0.1) is 0 Å². The summed E-state index contributed by atoms with van der Waals surface area (Å²) >= 11 is 3.46. The highest BCUT2D eigenvalue weighted by atomic mass is 79.9. The molecule has 2 amide bonds. The molecule has 1 aromatic rings. The molecule has 2 unspecified atom stereocenters. The van der Waals surface area contributed by atoms with Crippen LogP contribution in [0.5, 0.6) is 0 Å². The first kappa shape index (κ1) is 15.4. The average Bonchev–Trinajstić information content (AvgIpc) is 2.41. The minimum absolute atomic E-state index is 0.0289. The van der Waals surface area contributed by atoms with Gasteiger partial charge < -0.3 is 10.6 Å². The summed E-state index contributed by atoms with van der Waals surface area (Å²) in [6, 6.07) is 8.50. The van der Waals surface area contributed by atoms with Crippen molar-refractivity contribution in [2.24, 2.45) is 5.92 Å². The zero-order valence-electron chi connectivity index (χ0n) is 12.0. The van der Waals surface area contributed by atoms with Crippen molar-refractivity contribution in [1.82, 2.24) is 10.6 Å². The minimum atomic E-state index is -0.0289. The second kappa shape index (κ2) is 7.67. The Morgan fingerprint density at radius 2 is 2.15 bits per heavy atom. The Morgan fingerprint density at radius 1 is 1.35 bits per heavy atom. The molecule has 1 aromatic carbocycles. The number of hydrogen-bond acceptors (Lipinski definition) is 1. The zero-order chi connectivity index (χ0) is 14.4. The van der Waals surface area contributed by atoms with E-state index in [1.807, 2.05) is 12.1 Å². The first-order valence-corrected chi connectivity index (χ1v) is 8.23. The van der Waals surface area contributed by atoms with Crippen molar-refractivity contribution in [1.29, 1.82) is 0 Å². The van der Waals surface area contributed by atoms with Gasteiger partial charge in [-0.2, -0.15) is 0 Å². The van der Waals surface area contributed by atoms with Crippen LogP contribution in [0.1, 0.15) is 38.2 Å². The Hall–Kier alpha value is -1.03. The summed E-state index contributed by atoms with van der Waals surface area (Å²) in [5, 5.41) is 6.06. The molecule has 0 aromatic heterocycles. The summed E-state index contributed by atoms with van der Waals surface area (Å²) in [5.74, 6) is 0.597. The van der Waals surface area contributed by atoms with Crippen molar-refractivity contribution in [3.63, 3.8) is 0 Å². The zero-order valence-corrected chi connectivity index (χ0v) is 13.6. The van der Waals surface area contributed by atoms with Crippen LogP contribution in [0.25, 0.3) is 0 Å². The maximum absolute atomic E-state index is 11.9. The monoisotopic (exact) mass is 338 g/mol. The number of carbonyl (C=O) groups excluding carboxylic acids is 1. The molecule has 1 aliphatic carbocycles. The van der Waals surface area contributed by atoms with Crippen molar-refractivity contribution < 1.29 is 4.79 Å². The van der Waals surface area contributed by atoms with E-state index in [9.17, 15) is 4.79 Å². The van der Waals surface area contributed by atoms with E-state index in [1.54, 1.807) is 0 Å². The molecule has 1 aliphatic rings. The summed E-state index contributed by atoms with van der Waals surface area (Å²) in [6.45, 7) is 2.90. The molecule has 3 nitrogen and oxygen atoms in total. The summed E-state index contributed by atoms with van der Waals surface area (Å²) in [6.07, 6.45) is 5.72. The van der Waals surface area contributed by atoms with E-state index in [0.717, 1.165) is 17.3 Å². The van der Waals surface area contributed by atoms with Crippen LogP contribution in [0.3, 0.4) is 0 Å². The Morgan fingerprint density at radius 3 is 2.90 bits per heavy atom. The second-order valence-electron chi connectivity index (χ2n) is 5.65. The van der Waals surface area contributed by atoms with Crippen molar-refractivity contribution in [3.05, 3.63) is 34.3 Å². The van der Waals surface area contributed by atoms with Crippen molar-refractivity contribution in [2.45, 2.75) is 45.1 Å². The third kappa shape index (κ3) is 4.82. The number of hydrogen-bond donors (Lipinski definition) is 2. The van der Waals surface area contributed by atoms with Crippen LogP contribution >= 0.6 is 15.9 Å². The maximum atomic E-state index is 11.9. The van der Waals surface area contributed by atoms with Crippen molar-refractivity contribution in [2.75, 3.05) is 6.54 Å². The Balaban J connectivity index is 1.70. The van der Waals surface area contributed by atoms with Gasteiger partial charge >= 0.3 is 6.03 Å². The van der Waals surface area contributed by atoms with Gasteiger partial charge in [0.25, 0.3) is 0 Å². The molecular formula is C16H23BrN2O. The highest BCUT2D eigenvalue weighted by molar-refractivity contribution is 9.10. The molecule has 2 atom stereocenters. The van der Waals surface area contributed by atoms with Gasteiger partial charge in [-0.25, -0.2) is 4.79 Å². The number of benzene rings is 1. The summed E-state index contributed by atoms with van der Waals surface area (Å²) in [7, 11) is 0. The van der Waals surface area contributed by atoms with Gasteiger partial charge in [0.2, 0.25) is 0 Å².